The fourth-order valence-electron chi connectivity index (χ4n) is 1.99. The quantitative estimate of drug-likeness (QED) is 0.653. The highest BCUT2D eigenvalue weighted by Gasteiger charge is 2.15. The predicted molar refractivity (Wildman–Crippen MR) is 68.8 cm³/mol. The fourth-order valence-corrected chi connectivity index (χ4v) is 2.34. The van der Waals surface area contributed by atoms with Crippen LogP contribution in [0.15, 0.2) is 12.1 Å². The molecule has 0 N–H and O–H groups in total. The monoisotopic (exact) mass is 242 g/mol. The lowest BCUT2D eigenvalue weighted by Crippen LogP contribution is -2.00. The lowest BCUT2D eigenvalue weighted by Gasteiger charge is -2.16. The molecule has 0 aliphatic heterocycles. The Morgan fingerprint density at radius 2 is 1.81 bits per heavy atom. The topological polar surface area (TPSA) is 0 Å². The highest BCUT2D eigenvalue weighted by atomic mass is 35.5. The van der Waals surface area contributed by atoms with Crippen LogP contribution in [0.2, 0.25) is 5.02 Å². The van der Waals surface area contributed by atoms with Crippen LogP contribution < -0.4 is 0 Å². The molecular formula is C14H20ClF. The molecule has 0 fully saturated rings. The minimum absolute atomic E-state index is 0.127. The lowest BCUT2D eigenvalue weighted by atomic mass is 9.93. The van der Waals surface area contributed by atoms with Crippen LogP contribution in [-0.4, -0.2) is 0 Å². The second kappa shape index (κ2) is 5.67. The summed E-state index contributed by atoms with van der Waals surface area (Å²) in [5, 5.41) is 0.700. The highest BCUT2D eigenvalue weighted by Crippen LogP contribution is 2.32. The van der Waals surface area contributed by atoms with Gasteiger partial charge in [-0.2, -0.15) is 0 Å². The molecule has 0 amide bonds. The zero-order valence-corrected chi connectivity index (χ0v) is 11.2. The van der Waals surface area contributed by atoms with Gasteiger partial charge in [-0.1, -0.05) is 45.7 Å². The van der Waals surface area contributed by atoms with E-state index in [1.807, 2.05) is 13.8 Å². The van der Waals surface area contributed by atoms with Gasteiger partial charge >= 0.3 is 0 Å². The van der Waals surface area contributed by atoms with Gasteiger partial charge in [0, 0.05) is 5.02 Å². The molecule has 0 spiro atoms. The second-order valence-corrected chi connectivity index (χ2v) is 5.15. The van der Waals surface area contributed by atoms with Crippen LogP contribution in [0.25, 0.3) is 0 Å². The standard InChI is InChI=1S/C14H20ClF/c1-5-6-10(4)12-8-14(16)11(9(2)3)7-13(12)15/h7-10H,5-6H2,1-4H3. The molecule has 0 aliphatic rings. The van der Waals surface area contributed by atoms with Crippen molar-refractivity contribution in [2.45, 2.75) is 52.4 Å². The maximum Gasteiger partial charge on any atom is 0.127 e. The summed E-state index contributed by atoms with van der Waals surface area (Å²) >= 11 is 6.21. The molecule has 0 saturated carbocycles. The Morgan fingerprint density at radius 3 is 2.31 bits per heavy atom. The number of rotatable bonds is 4. The van der Waals surface area contributed by atoms with Gasteiger partial charge in [0.1, 0.15) is 5.82 Å². The van der Waals surface area contributed by atoms with Gasteiger partial charge in [0.05, 0.1) is 0 Å². The first-order valence-corrected chi connectivity index (χ1v) is 6.34. The van der Waals surface area contributed by atoms with Gasteiger partial charge in [-0.05, 0) is 41.5 Å². The van der Waals surface area contributed by atoms with Crippen LogP contribution in [0.1, 0.15) is 63.5 Å². The minimum atomic E-state index is -0.127. The second-order valence-electron chi connectivity index (χ2n) is 4.74. The summed E-state index contributed by atoms with van der Waals surface area (Å²) in [5.41, 5.74) is 1.64. The van der Waals surface area contributed by atoms with Crippen molar-refractivity contribution >= 4 is 11.6 Å². The van der Waals surface area contributed by atoms with Crippen molar-refractivity contribution in [3.8, 4) is 0 Å². The van der Waals surface area contributed by atoms with Crippen molar-refractivity contribution in [1.29, 1.82) is 0 Å². The minimum Gasteiger partial charge on any atom is -0.207 e. The summed E-state index contributed by atoms with van der Waals surface area (Å²) in [6.07, 6.45) is 2.13. The van der Waals surface area contributed by atoms with E-state index in [2.05, 4.69) is 13.8 Å². The number of halogens is 2. The third-order valence-electron chi connectivity index (χ3n) is 2.99. The van der Waals surface area contributed by atoms with Crippen LogP contribution in [0.4, 0.5) is 4.39 Å². The third-order valence-corrected chi connectivity index (χ3v) is 3.32. The molecule has 90 valence electrons. The lowest BCUT2D eigenvalue weighted by molar-refractivity contribution is 0.588. The van der Waals surface area contributed by atoms with E-state index < -0.39 is 0 Å². The van der Waals surface area contributed by atoms with Gasteiger partial charge in [-0.15, -0.1) is 0 Å². The van der Waals surface area contributed by atoms with Gasteiger partial charge in [-0.25, -0.2) is 4.39 Å². The average Bonchev–Trinajstić information content (AvgIpc) is 2.20. The van der Waals surface area contributed by atoms with Crippen molar-refractivity contribution in [2.75, 3.05) is 0 Å². The SMILES string of the molecule is CCCC(C)c1cc(F)c(C(C)C)cc1Cl. The summed E-state index contributed by atoms with van der Waals surface area (Å²) < 4.78 is 13.8. The van der Waals surface area contributed by atoms with E-state index in [4.69, 9.17) is 11.6 Å². The molecule has 0 aliphatic carbocycles. The van der Waals surface area contributed by atoms with E-state index in [0.29, 0.717) is 16.5 Å². The molecule has 0 aromatic heterocycles. The smallest absolute Gasteiger partial charge is 0.127 e. The zero-order valence-electron chi connectivity index (χ0n) is 10.5. The molecule has 0 heterocycles. The number of benzene rings is 1. The zero-order chi connectivity index (χ0) is 12.3. The molecule has 1 unspecified atom stereocenters. The van der Waals surface area contributed by atoms with E-state index in [0.717, 1.165) is 18.4 Å². The average molecular weight is 243 g/mol. The summed E-state index contributed by atoms with van der Waals surface area (Å²) in [6.45, 7) is 8.18. The van der Waals surface area contributed by atoms with Gasteiger partial charge in [0.25, 0.3) is 0 Å². The first-order chi connectivity index (χ1) is 7.47. The Balaban J connectivity index is 3.10. The summed E-state index contributed by atoms with van der Waals surface area (Å²) in [7, 11) is 0. The Bertz CT molecular complexity index is 358. The highest BCUT2D eigenvalue weighted by molar-refractivity contribution is 6.31. The number of hydrogen-bond acceptors (Lipinski definition) is 0. The normalized spacial score (nSPS) is 13.2. The third kappa shape index (κ3) is 2.98. The first-order valence-electron chi connectivity index (χ1n) is 5.96. The van der Waals surface area contributed by atoms with Crippen molar-refractivity contribution in [2.24, 2.45) is 0 Å². The maximum atomic E-state index is 13.8. The molecular weight excluding hydrogens is 223 g/mol. The molecule has 0 radical (unpaired) electrons. The van der Waals surface area contributed by atoms with Gasteiger partial charge in [0.15, 0.2) is 0 Å². The van der Waals surface area contributed by atoms with Crippen LogP contribution in [0.3, 0.4) is 0 Å². The van der Waals surface area contributed by atoms with Crippen molar-refractivity contribution < 1.29 is 4.39 Å². The molecule has 2 heteroatoms. The van der Waals surface area contributed by atoms with Crippen LogP contribution >= 0.6 is 11.6 Å². The summed E-state index contributed by atoms with van der Waals surface area (Å²) in [6, 6.07) is 3.39. The summed E-state index contributed by atoms with van der Waals surface area (Å²) in [5.74, 6) is 0.374. The van der Waals surface area contributed by atoms with Crippen molar-refractivity contribution in [1.82, 2.24) is 0 Å². The molecule has 1 aromatic carbocycles. The predicted octanol–water partition coefficient (Wildman–Crippen LogP) is 5.51. The Morgan fingerprint density at radius 1 is 1.19 bits per heavy atom. The van der Waals surface area contributed by atoms with Gasteiger partial charge in [-0.3, -0.25) is 0 Å². The van der Waals surface area contributed by atoms with Crippen LogP contribution in [0.5, 0.6) is 0 Å². The summed E-state index contributed by atoms with van der Waals surface area (Å²) in [4.78, 5) is 0. The van der Waals surface area contributed by atoms with Crippen LogP contribution in [-0.2, 0) is 0 Å². The van der Waals surface area contributed by atoms with E-state index >= 15 is 0 Å². The molecule has 16 heavy (non-hydrogen) atoms. The van der Waals surface area contributed by atoms with Crippen molar-refractivity contribution in [3.63, 3.8) is 0 Å². The van der Waals surface area contributed by atoms with Crippen molar-refractivity contribution in [3.05, 3.63) is 34.1 Å². The molecule has 1 atom stereocenters. The van der Waals surface area contributed by atoms with E-state index in [1.54, 1.807) is 12.1 Å². The Hall–Kier alpha value is -0.560. The Labute approximate surface area is 103 Å². The van der Waals surface area contributed by atoms with E-state index in [-0.39, 0.29) is 11.7 Å². The molecule has 0 nitrogen and oxygen atoms in total. The molecule has 1 aromatic rings. The van der Waals surface area contributed by atoms with E-state index in [1.165, 1.54) is 0 Å². The fraction of sp³-hybridized carbons (Fsp3) is 0.571. The first kappa shape index (κ1) is 13.5. The molecule has 1 rings (SSSR count). The largest absolute Gasteiger partial charge is 0.207 e. The van der Waals surface area contributed by atoms with Gasteiger partial charge in [0.2, 0.25) is 0 Å². The van der Waals surface area contributed by atoms with E-state index in [9.17, 15) is 4.39 Å². The Kier molecular flexibility index (Phi) is 4.79. The molecule has 0 saturated heterocycles. The van der Waals surface area contributed by atoms with Gasteiger partial charge < -0.3 is 0 Å². The maximum absolute atomic E-state index is 13.8. The molecule has 0 bridgehead atoms. The number of hydrogen-bond donors (Lipinski definition) is 0. The van der Waals surface area contributed by atoms with Crippen LogP contribution in [0, 0.1) is 5.82 Å².